The highest BCUT2D eigenvalue weighted by molar-refractivity contribution is 7.17. The van der Waals surface area contributed by atoms with E-state index in [0.717, 1.165) is 38.8 Å². The van der Waals surface area contributed by atoms with Crippen molar-refractivity contribution in [3.63, 3.8) is 0 Å². The molecule has 6 nitrogen and oxygen atoms in total. The number of aliphatic hydroxyl groups is 1. The lowest BCUT2D eigenvalue weighted by Gasteiger charge is -2.34. The van der Waals surface area contributed by atoms with Gasteiger partial charge in [0.1, 0.15) is 0 Å². The van der Waals surface area contributed by atoms with Crippen molar-refractivity contribution in [2.75, 3.05) is 25.0 Å². The zero-order valence-electron chi connectivity index (χ0n) is 11.8. The van der Waals surface area contributed by atoms with Crippen LogP contribution in [0.3, 0.4) is 0 Å². The third-order valence-electron chi connectivity index (χ3n) is 3.48. The van der Waals surface area contributed by atoms with Gasteiger partial charge in [-0.1, -0.05) is 18.3 Å². The first kappa shape index (κ1) is 15.2. The SMILES string of the molecule is CCCNc1nnc(C(=O)N2CCCCC2CCO)s1. The van der Waals surface area contributed by atoms with Gasteiger partial charge in [0.2, 0.25) is 10.1 Å². The molecule has 1 amide bonds. The van der Waals surface area contributed by atoms with Gasteiger partial charge in [0.05, 0.1) is 0 Å². The Balaban J connectivity index is 2.02. The van der Waals surface area contributed by atoms with E-state index in [-0.39, 0.29) is 18.6 Å². The van der Waals surface area contributed by atoms with Gasteiger partial charge in [-0.15, -0.1) is 10.2 Å². The van der Waals surface area contributed by atoms with Crippen LogP contribution >= 0.6 is 11.3 Å². The summed E-state index contributed by atoms with van der Waals surface area (Å²) in [5.41, 5.74) is 0. The molecule has 7 heteroatoms. The molecule has 2 heterocycles. The van der Waals surface area contributed by atoms with Crippen LogP contribution < -0.4 is 5.32 Å². The van der Waals surface area contributed by atoms with Crippen molar-refractivity contribution in [2.45, 2.75) is 45.1 Å². The first-order valence-electron chi connectivity index (χ1n) is 7.25. The fraction of sp³-hybridized carbons (Fsp3) is 0.769. The minimum Gasteiger partial charge on any atom is -0.396 e. The molecule has 20 heavy (non-hydrogen) atoms. The molecular weight excluding hydrogens is 276 g/mol. The summed E-state index contributed by atoms with van der Waals surface area (Å²) >= 11 is 1.31. The Kier molecular flexibility index (Phi) is 5.72. The Morgan fingerprint density at radius 3 is 3.10 bits per heavy atom. The third kappa shape index (κ3) is 3.67. The van der Waals surface area contributed by atoms with Crippen LogP contribution in [-0.2, 0) is 0 Å². The first-order chi connectivity index (χ1) is 9.76. The number of anilines is 1. The first-order valence-corrected chi connectivity index (χ1v) is 8.07. The van der Waals surface area contributed by atoms with Gasteiger partial charge in [0, 0.05) is 25.7 Å². The summed E-state index contributed by atoms with van der Waals surface area (Å²) in [5, 5.41) is 21.4. The second kappa shape index (κ2) is 7.54. The van der Waals surface area contributed by atoms with E-state index >= 15 is 0 Å². The normalized spacial score (nSPS) is 19.1. The van der Waals surface area contributed by atoms with Gasteiger partial charge in [-0.2, -0.15) is 0 Å². The van der Waals surface area contributed by atoms with Gasteiger partial charge in [-0.3, -0.25) is 4.79 Å². The van der Waals surface area contributed by atoms with Crippen LogP contribution in [0.5, 0.6) is 0 Å². The number of nitrogens with one attached hydrogen (secondary N) is 1. The van der Waals surface area contributed by atoms with Crippen LogP contribution in [0.1, 0.15) is 48.8 Å². The molecule has 1 aliphatic heterocycles. The number of likely N-dealkylation sites (tertiary alicyclic amines) is 1. The lowest BCUT2D eigenvalue weighted by molar-refractivity contribution is 0.0573. The molecule has 1 aliphatic rings. The van der Waals surface area contributed by atoms with Crippen molar-refractivity contribution in [2.24, 2.45) is 0 Å². The number of carbonyl (C=O) groups excluding carboxylic acids is 1. The monoisotopic (exact) mass is 298 g/mol. The molecule has 1 unspecified atom stereocenters. The highest BCUT2D eigenvalue weighted by Crippen LogP contribution is 2.24. The molecule has 1 saturated heterocycles. The molecule has 0 aliphatic carbocycles. The molecule has 1 atom stereocenters. The van der Waals surface area contributed by atoms with Gasteiger partial charge in [0.25, 0.3) is 5.91 Å². The van der Waals surface area contributed by atoms with Crippen LogP contribution in [0.15, 0.2) is 0 Å². The van der Waals surface area contributed by atoms with E-state index in [2.05, 4.69) is 22.4 Å². The maximum Gasteiger partial charge on any atom is 0.285 e. The van der Waals surface area contributed by atoms with Crippen molar-refractivity contribution < 1.29 is 9.90 Å². The number of aromatic nitrogens is 2. The van der Waals surface area contributed by atoms with Gasteiger partial charge in [0.15, 0.2) is 0 Å². The largest absolute Gasteiger partial charge is 0.396 e. The van der Waals surface area contributed by atoms with Crippen molar-refractivity contribution in [3.8, 4) is 0 Å². The van der Waals surface area contributed by atoms with Crippen LogP contribution in [0, 0.1) is 0 Å². The summed E-state index contributed by atoms with van der Waals surface area (Å²) in [6.07, 6.45) is 4.76. The molecule has 2 rings (SSSR count). The summed E-state index contributed by atoms with van der Waals surface area (Å²) in [4.78, 5) is 14.3. The molecule has 2 N–H and O–H groups in total. The summed E-state index contributed by atoms with van der Waals surface area (Å²) in [6, 6.07) is 0.136. The zero-order valence-corrected chi connectivity index (χ0v) is 12.7. The number of hydrogen-bond acceptors (Lipinski definition) is 6. The highest BCUT2D eigenvalue weighted by atomic mass is 32.1. The van der Waals surface area contributed by atoms with E-state index in [0.29, 0.717) is 16.6 Å². The van der Waals surface area contributed by atoms with Crippen molar-refractivity contribution in [1.29, 1.82) is 0 Å². The molecule has 1 aromatic heterocycles. The van der Waals surface area contributed by atoms with E-state index < -0.39 is 0 Å². The number of piperidine rings is 1. The Morgan fingerprint density at radius 2 is 2.35 bits per heavy atom. The molecule has 0 radical (unpaired) electrons. The Hall–Kier alpha value is -1.21. The predicted octanol–water partition coefficient (Wildman–Crippen LogP) is 1.74. The molecule has 1 aromatic rings. The maximum absolute atomic E-state index is 12.5. The average Bonchev–Trinajstić information content (AvgIpc) is 2.94. The topological polar surface area (TPSA) is 78.4 Å². The summed E-state index contributed by atoms with van der Waals surface area (Å²) < 4.78 is 0. The number of hydrogen-bond donors (Lipinski definition) is 2. The number of rotatable bonds is 6. The standard InChI is InChI=1S/C13H22N4O2S/c1-2-7-14-13-16-15-11(20-13)12(19)17-8-4-3-5-10(17)6-9-18/h10,18H,2-9H2,1H3,(H,14,16). The molecule has 0 saturated carbocycles. The lowest BCUT2D eigenvalue weighted by atomic mass is 9.99. The number of nitrogens with zero attached hydrogens (tertiary/aromatic N) is 3. The van der Waals surface area contributed by atoms with Crippen LogP contribution in [0.25, 0.3) is 0 Å². The molecular formula is C13H22N4O2S. The van der Waals surface area contributed by atoms with E-state index in [4.69, 9.17) is 5.11 Å². The Labute approximate surface area is 123 Å². The minimum absolute atomic E-state index is 0.0507. The summed E-state index contributed by atoms with van der Waals surface area (Å²) in [6.45, 7) is 3.78. The fourth-order valence-corrected chi connectivity index (χ4v) is 3.18. The third-order valence-corrected chi connectivity index (χ3v) is 4.35. The quantitative estimate of drug-likeness (QED) is 0.836. The minimum atomic E-state index is -0.0507. The van der Waals surface area contributed by atoms with E-state index in [1.807, 2.05) is 4.90 Å². The Bertz CT molecular complexity index is 436. The van der Waals surface area contributed by atoms with Gasteiger partial charge in [-0.25, -0.2) is 0 Å². The van der Waals surface area contributed by atoms with Crippen LogP contribution in [-0.4, -0.2) is 51.8 Å². The Morgan fingerprint density at radius 1 is 1.50 bits per heavy atom. The van der Waals surface area contributed by atoms with Gasteiger partial charge < -0.3 is 15.3 Å². The number of aliphatic hydroxyl groups excluding tert-OH is 1. The maximum atomic E-state index is 12.5. The number of carbonyl (C=O) groups is 1. The van der Waals surface area contributed by atoms with E-state index in [1.54, 1.807) is 0 Å². The van der Waals surface area contributed by atoms with Gasteiger partial charge in [-0.05, 0) is 32.1 Å². The van der Waals surface area contributed by atoms with Crippen molar-refractivity contribution in [3.05, 3.63) is 5.01 Å². The van der Waals surface area contributed by atoms with Crippen LogP contribution in [0.2, 0.25) is 0 Å². The average molecular weight is 298 g/mol. The molecule has 0 spiro atoms. The van der Waals surface area contributed by atoms with Gasteiger partial charge >= 0.3 is 0 Å². The van der Waals surface area contributed by atoms with E-state index in [9.17, 15) is 4.79 Å². The molecule has 1 fully saturated rings. The second-order valence-electron chi connectivity index (χ2n) is 5.00. The molecule has 0 aromatic carbocycles. The smallest absolute Gasteiger partial charge is 0.285 e. The summed E-state index contributed by atoms with van der Waals surface area (Å²) in [7, 11) is 0. The summed E-state index contributed by atoms with van der Waals surface area (Å²) in [5.74, 6) is -0.0507. The van der Waals surface area contributed by atoms with E-state index in [1.165, 1.54) is 11.3 Å². The zero-order chi connectivity index (χ0) is 14.4. The predicted molar refractivity (Wildman–Crippen MR) is 79.1 cm³/mol. The number of amides is 1. The van der Waals surface area contributed by atoms with Crippen LogP contribution in [0.4, 0.5) is 5.13 Å². The highest BCUT2D eigenvalue weighted by Gasteiger charge is 2.29. The molecule has 112 valence electrons. The lowest BCUT2D eigenvalue weighted by Crippen LogP contribution is -2.44. The molecule has 0 bridgehead atoms. The second-order valence-corrected chi connectivity index (χ2v) is 5.98. The van der Waals surface area contributed by atoms with Crippen molar-refractivity contribution >= 4 is 22.4 Å². The van der Waals surface area contributed by atoms with Crippen molar-refractivity contribution in [1.82, 2.24) is 15.1 Å². The fourth-order valence-electron chi connectivity index (χ4n) is 2.45.